The lowest BCUT2D eigenvalue weighted by molar-refractivity contribution is 0.0502. The Morgan fingerprint density at radius 1 is 1.29 bits per heavy atom. The van der Waals surface area contributed by atoms with Crippen LogP contribution in [0.15, 0.2) is 29.2 Å². The van der Waals surface area contributed by atoms with Crippen molar-refractivity contribution in [2.75, 3.05) is 6.54 Å². The number of aryl methyl sites for hydroxylation is 1. The standard InChI is InChI=1S/C8H17NO.C7H8O3S/c1-7-4-5-8(10-7)3-2-6-9;1-6-2-4-7(5-3-6)11(8,9)10/h7-8H,2-6,9H2,1H3;2-5H,1H3,(H,8,9,10)/t7-,8-;/m1./s1. The van der Waals surface area contributed by atoms with Gasteiger partial charge in [-0.3, -0.25) is 4.55 Å². The molecule has 1 aromatic rings. The van der Waals surface area contributed by atoms with Crippen LogP contribution in [-0.2, 0) is 14.9 Å². The van der Waals surface area contributed by atoms with Gasteiger partial charge in [0.15, 0.2) is 0 Å². The lowest BCUT2D eigenvalue weighted by atomic mass is 10.1. The Morgan fingerprint density at radius 3 is 2.33 bits per heavy atom. The molecule has 1 aliphatic rings. The van der Waals surface area contributed by atoms with Crippen LogP contribution >= 0.6 is 0 Å². The summed E-state index contributed by atoms with van der Waals surface area (Å²) >= 11 is 0. The molecule has 0 spiro atoms. The Morgan fingerprint density at radius 2 is 1.90 bits per heavy atom. The Kier molecular flexibility index (Phi) is 7.31. The van der Waals surface area contributed by atoms with Crippen LogP contribution in [0, 0.1) is 6.92 Å². The Hall–Kier alpha value is -0.950. The van der Waals surface area contributed by atoms with Gasteiger partial charge in [-0.15, -0.1) is 0 Å². The summed E-state index contributed by atoms with van der Waals surface area (Å²) in [6.45, 7) is 4.78. The first-order valence-corrected chi connectivity index (χ1v) is 8.66. The van der Waals surface area contributed by atoms with E-state index in [4.69, 9.17) is 15.0 Å². The van der Waals surface area contributed by atoms with Crippen molar-refractivity contribution < 1.29 is 17.7 Å². The fourth-order valence-electron chi connectivity index (χ4n) is 2.15. The van der Waals surface area contributed by atoms with E-state index >= 15 is 0 Å². The van der Waals surface area contributed by atoms with E-state index in [9.17, 15) is 8.42 Å². The molecule has 0 aliphatic carbocycles. The third kappa shape index (κ3) is 7.04. The highest BCUT2D eigenvalue weighted by Crippen LogP contribution is 2.21. The zero-order chi connectivity index (χ0) is 15.9. The van der Waals surface area contributed by atoms with Crippen molar-refractivity contribution in [3.63, 3.8) is 0 Å². The number of benzene rings is 1. The van der Waals surface area contributed by atoms with Crippen molar-refractivity contribution in [3.8, 4) is 0 Å². The number of rotatable bonds is 4. The molecule has 1 saturated heterocycles. The molecule has 0 unspecified atom stereocenters. The van der Waals surface area contributed by atoms with Gasteiger partial charge in [0.05, 0.1) is 17.1 Å². The molecule has 1 heterocycles. The van der Waals surface area contributed by atoms with Crippen LogP contribution in [0.5, 0.6) is 0 Å². The minimum Gasteiger partial charge on any atom is -0.375 e. The van der Waals surface area contributed by atoms with Crippen molar-refractivity contribution in [1.82, 2.24) is 0 Å². The average molecular weight is 315 g/mol. The maximum atomic E-state index is 10.5. The van der Waals surface area contributed by atoms with Gasteiger partial charge in [-0.2, -0.15) is 8.42 Å². The van der Waals surface area contributed by atoms with E-state index in [1.807, 2.05) is 6.92 Å². The van der Waals surface area contributed by atoms with E-state index in [2.05, 4.69) is 6.92 Å². The summed E-state index contributed by atoms with van der Waals surface area (Å²) < 4.78 is 35.2. The van der Waals surface area contributed by atoms with Gasteiger partial charge in [0, 0.05) is 0 Å². The SMILES string of the molecule is C[C@@H]1CC[C@@H](CCCN)O1.Cc1ccc(S(=O)(=O)O)cc1. The van der Waals surface area contributed by atoms with Crippen molar-refractivity contribution in [3.05, 3.63) is 29.8 Å². The second-order valence-corrected chi connectivity index (χ2v) is 6.79. The Labute approximate surface area is 127 Å². The molecule has 0 saturated carbocycles. The molecule has 5 nitrogen and oxygen atoms in total. The molecule has 1 fully saturated rings. The van der Waals surface area contributed by atoms with Gasteiger partial charge in [0.1, 0.15) is 0 Å². The molecule has 2 atom stereocenters. The summed E-state index contributed by atoms with van der Waals surface area (Å²) in [5.41, 5.74) is 6.34. The first-order chi connectivity index (χ1) is 9.82. The second kappa shape index (κ2) is 8.48. The van der Waals surface area contributed by atoms with Crippen molar-refractivity contribution in [1.29, 1.82) is 0 Å². The first-order valence-electron chi connectivity index (χ1n) is 7.22. The van der Waals surface area contributed by atoms with Gasteiger partial charge >= 0.3 is 0 Å². The molecule has 3 N–H and O–H groups in total. The predicted molar refractivity (Wildman–Crippen MR) is 82.9 cm³/mol. The zero-order valence-corrected chi connectivity index (χ0v) is 13.5. The first kappa shape index (κ1) is 18.1. The quantitative estimate of drug-likeness (QED) is 0.833. The summed E-state index contributed by atoms with van der Waals surface area (Å²) in [7, 11) is -4.02. The maximum absolute atomic E-state index is 10.5. The molecule has 0 aromatic heterocycles. The van der Waals surface area contributed by atoms with Gasteiger partial charge in [-0.05, 0) is 58.2 Å². The number of hydrogen-bond acceptors (Lipinski definition) is 4. The predicted octanol–water partition coefficient (Wildman–Crippen LogP) is 2.53. The summed E-state index contributed by atoms with van der Waals surface area (Å²) in [5.74, 6) is 0. The molecular weight excluding hydrogens is 290 g/mol. The van der Waals surface area contributed by atoms with Crippen LogP contribution in [0.4, 0.5) is 0 Å². The summed E-state index contributed by atoms with van der Waals surface area (Å²) in [6.07, 6.45) is 5.73. The summed E-state index contributed by atoms with van der Waals surface area (Å²) in [5, 5.41) is 0. The van der Waals surface area contributed by atoms with E-state index in [0.29, 0.717) is 12.2 Å². The third-order valence-corrected chi connectivity index (χ3v) is 4.24. The topological polar surface area (TPSA) is 89.6 Å². The molecule has 2 rings (SSSR count). The maximum Gasteiger partial charge on any atom is 0.294 e. The molecule has 120 valence electrons. The Bertz CT molecular complexity index is 513. The molecule has 1 aromatic carbocycles. The molecule has 21 heavy (non-hydrogen) atoms. The van der Waals surface area contributed by atoms with Crippen LogP contribution in [0.25, 0.3) is 0 Å². The molecule has 0 bridgehead atoms. The molecule has 1 aliphatic heterocycles. The largest absolute Gasteiger partial charge is 0.375 e. The van der Waals surface area contributed by atoms with Crippen molar-refractivity contribution >= 4 is 10.1 Å². The van der Waals surface area contributed by atoms with Gasteiger partial charge in [-0.1, -0.05) is 17.7 Å². The number of nitrogens with two attached hydrogens (primary N) is 1. The molecule has 6 heteroatoms. The molecule has 0 amide bonds. The summed E-state index contributed by atoms with van der Waals surface area (Å²) in [4.78, 5) is -0.0666. The van der Waals surface area contributed by atoms with Gasteiger partial charge in [0.2, 0.25) is 0 Å². The molecular formula is C15H25NO4S. The lowest BCUT2D eigenvalue weighted by Crippen LogP contribution is -2.10. The van der Waals surface area contributed by atoms with E-state index in [1.54, 1.807) is 12.1 Å². The minimum atomic E-state index is -4.02. The van der Waals surface area contributed by atoms with E-state index < -0.39 is 10.1 Å². The van der Waals surface area contributed by atoms with Crippen LogP contribution in [0.2, 0.25) is 0 Å². The highest BCUT2D eigenvalue weighted by Gasteiger charge is 2.20. The van der Waals surface area contributed by atoms with E-state index in [1.165, 1.54) is 25.0 Å². The summed E-state index contributed by atoms with van der Waals surface area (Å²) in [6, 6.07) is 5.99. The normalized spacial score (nSPS) is 21.7. The smallest absolute Gasteiger partial charge is 0.294 e. The highest BCUT2D eigenvalue weighted by atomic mass is 32.2. The minimum absolute atomic E-state index is 0.0666. The zero-order valence-electron chi connectivity index (χ0n) is 12.7. The van der Waals surface area contributed by atoms with Crippen molar-refractivity contribution in [2.24, 2.45) is 5.73 Å². The fourth-order valence-corrected chi connectivity index (χ4v) is 2.63. The van der Waals surface area contributed by atoms with Gasteiger partial charge in [0.25, 0.3) is 10.1 Å². The number of ether oxygens (including phenoxy) is 1. The molecule has 0 radical (unpaired) electrons. The van der Waals surface area contributed by atoms with E-state index in [0.717, 1.165) is 24.9 Å². The van der Waals surface area contributed by atoms with Gasteiger partial charge < -0.3 is 10.5 Å². The Balaban J connectivity index is 0.000000211. The monoisotopic (exact) mass is 315 g/mol. The van der Waals surface area contributed by atoms with Crippen LogP contribution in [0.3, 0.4) is 0 Å². The van der Waals surface area contributed by atoms with Crippen LogP contribution < -0.4 is 5.73 Å². The van der Waals surface area contributed by atoms with Crippen LogP contribution in [0.1, 0.15) is 38.2 Å². The van der Waals surface area contributed by atoms with Gasteiger partial charge in [-0.25, -0.2) is 0 Å². The van der Waals surface area contributed by atoms with Crippen LogP contribution in [-0.4, -0.2) is 31.7 Å². The van der Waals surface area contributed by atoms with Crippen molar-refractivity contribution in [2.45, 2.75) is 56.6 Å². The third-order valence-electron chi connectivity index (χ3n) is 3.37. The average Bonchev–Trinajstić information content (AvgIpc) is 2.82. The lowest BCUT2D eigenvalue weighted by Gasteiger charge is -2.08. The fraction of sp³-hybridized carbons (Fsp3) is 0.600. The highest BCUT2D eigenvalue weighted by molar-refractivity contribution is 7.85. The second-order valence-electron chi connectivity index (χ2n) is 5.37. The van der Waals surface area contributed by atoms with E-state index in [-0.39, 0.29) is 4.90 Å². The number of hydrogen-bond donors (Lipinski definition) is 2.